The monoisotopic (exact) mass is 327 g/mol. The Morgan fingerprint density at radius 2 is 1.71 bits per heavy atom. The largest absolute Gasteiger partial charge is 0.462 e. The number of rotatable bonds is 4. The van der Waals surface area contributed by atoms with E-state index in [1.165, 1.54) is 30.5 Å². The zero-order valence-electron chi connectivity index (χ0n) is 13.3. The van der Waals surface area contributed by atoms with Gasteiger partial charge in [-0.2, -0.15) is 0 Å². The van der Waals surface area contributed by atoms with Crippen LogP contribution in [0.3, 0.4) is 0 Å². The Hall–Kier alpha value is -3.22. The third-order valence-corrected chi connectivity index (χ3v) is 3.10. The molecule has 24 heavy (non-hydrogen) atoms. The summed E-state index contributed by atoms with van der Waals surface area (Å²) < 4.78 is 4.87. The highest BCUT2D eigenvalue weighted by atomic mass is 16.5. The molecule has 1 heterocycles. The van der Waals surface area contributed by atoms with Crippen molar-refractivity contribution in [1.29, 1.82) is 0 Å². The molecule has 7 nitrogen and oxygen atoms in total. The highest BCUT2D eigenvalue weighted by molar-refractivity contribution is 6.43. The summed E-state index contributed by atoms with van der Waals surface area (Å²) in [7, 11) is 0. The molecule has 0 aliphatic carbocycles. The van der Waals surface area contributed by atoms with Gasteiger partial charge in [0.2, 0.25) is 0 Å². The number of esters is 1. The van der Waals surface area contributed by atoms with Gasteiger partial charge in [-0.1, -0.05) is 6.07 Å². The van der Waals surface area contributed by atoms with Crippen molar-refractivity contribution in [3.63, 3.8) is 0 Å². The van der Waals surface area contributed by atoms with E-state index < -0.39 is 17.8 Å². The summed E-state index contributed by atoms with van der Waals surface area (Å²) in [6.07, 6.45) is 1.52. The van der Waals surface area contributed by atoms with Gasteiger partial charge in [-0.15, -0.1) is 0 Å². The number of carbonyl (C=O) groups excluding carboxylic acids is 3. The van der Waals surface area contributed by atoms with Gasteiger partial charge in [0.25, 0.3) is 0 Å². The van der Waals surface area contributed by atoms with Crippen LogP contribution in [0.4, 0.5) is 11.5 Å². The summed E-state index contributed by atoms with van der Waals surface area (Å²) in [5.74, 6) is -1.77. The van der Waals surface area contributed by atoms with Crippen LogP contribution in [-0.2, 0) is 14.3 Å². The number of carbonyl (C=O) groups is 3. The van der Waals surface area contributed by atoms with Gasteiger partial charge < -0.3 is 15.4 Å². The zero-order chi connectivity index (χ0) is 17.5. The van der Waals surface area contributed by atoms with Crippen molar-refractivity contribution in [3.8, 4) is 0 Å². The molecule has 0 saturated carbocycles. The fraction of sp³-hybridized carbons (Fsp3) is 0.176. The summed E-state index contributed by atoms with van der Waals surface area (Å²) in [5.41, 5.74) is 1.50. The van der Waals surface area contributed by atoms with Crippen LogP contribution < -0.4 is 10.6 Å². The van der Waals surface area contributed by atoms with Crippen LogP contribution in [0.1, 0.15) is 22.8 Å². The van der Waals surface area contributed by atoms with Crippen molar-refractivity contribution in [2.45, 2.75) is 13.8 Å². The van der Waals surface area contributed by atoms with E-state index in [0.29, 0.717) is 17.1 Å². The lowest BCUT2D eigenvalue weighted by Gasteiger charge is -2.08. The molecule has 2 rings (SSSR count). The maximum atomic E-state index is 11.9. The van der Waals surface area contributed by atoms with Gasteiger partial charge in [0.15, 0.2) is 0 Å². The fourth-order valence-corrected chi connectivity index (χ4v) is 1.87. The zero-order valence-corrected chi connectivity index (χ0v) is 13.3. The number of anilines is 2. The number of nitrogens with one attached hydrogen (secondary N) is 2. The van der Waals surface area contributed by atoms with Crippen LogP contribution in [0.5, 0.6) is 0 Å². The lowest BCUT2D eigenvalue weighted by atomic mass is 10.2. The highest BCUT2D eigenvalue weighted by Crippen LogP contribution is 2.12. The Morgan fingerprint density at radius 3 is 2.33 bits per heavy atom. The van der Waals surface area contributed by atoms with Crippen molar-refractivity contribution in [1.82, 2.24) is 4.98 Å². The molecule has 0 fully saturated rings. The van der Waals surface area contributed by atoms with Crippen molar-refractivity contribution in [2.75, 3.05) is 17.2 Å². The molecule has 0 unspecified atom stereocenters. The first-order chi connectivity index (χ1) is 11.5. The first kappa shape index (κ1) is 17.1. The fourth-order valence-electron chi connectivity index (χ4n) is 1.87. The van der Waals surface area contributed by atoms with E-state index in [-0.39, 0.29) is 6.61 Å². The average molecular weight is 327 g/mol. The van der Waals surface area contributed by atoms with Crippen LogP contribution in [0, 0.1) is 6.92 Å². The van der Waals surface area contributed by atoms with Crippen LogP contribution in [0.25, 0.3) is 0 Å². The lowest BCUT2D eigenvalue weighted by molar-refractivity contribution is -0.133. The first-order valence-electron chi connectivity index (χ1n) is 7.32. The van der Waals surface area contributed by atoms with E-state index in [1.807, 2.05) is 0 Å². The van der Waals surface area contributed by atoms with Crippen LogP contribution >= 0.6 is 0 Å². The topological polar surface area (TPSA) is 97.4 Å². The molecule has 1 aromatic heterocycles. The summed E-state index contributed by atoms with van der Waals surface area (Å²) in [6, 6.07) is 9.56. The number of nitrogens with zero attached hydrogens (tertiary/aromatic N) is 1. The maximum absolute atomic E-state index is 11.9. The molecule has 7 heteroatoms. The van der Waals surface area contributed by atoms with Crippen LogP contribution in [0.2, 0.25) is 0 Å². The third kappa shape index (κ3) is 4.39. The van der Waals surface area contributed by atoms with Gasteiger partial charge in [-0.25, -0.2) is 9.78 Å². The minimum Gasteiger partial charge on any atom is -0.462 e. The van der Waals surface area contributed by atoms with E-state index in [9.17, 15) is 14.4 Å². The average Bonchev–Trinajstić information content (AvgIpc) is 2.57. The molecule has 1 aromatic carbocycles. The van der Waals surface area contributed by atoms with Crippen molar-refractivity contribution < 1.29 is 19.1 Å². The van der Waals surface area contributed by atoms with E-state index >= 15 is 0 Å². The van der Waals surface area contributed by atoms with E-state index in [0.717, 1.165) is 5.56 Å². The molecule has 0 radical (unpaired) electrons. The molecule has 0 aliphatic heterocycles. The Balaban J connectivity index is 1.97. The van der Waals surface area contributed by atoms with Gasteiger partial charge in [0, 0.05) is 11.9 Å². The summed E-state index contributed by atoms with van der Waals surface area (Å²) in [4.78, 5) is 39.3. The number of hydrogen-bond donors (Lipinski definition) is 2. The minimum absolute atomic E-state index is 0.282. The quantitative estimate of drug-likeness (QED) is 0.662. The molecule has 2 aromatic rings. The predicted octanol–water partition coefficient (Wildman–Crippen LogP) is 2.14. The number of amides is 2. The Morgan fingerprint density at radius 1 is 1.04 bits per heavy atom. The second kappa shape index (κ2) is 7.87. The van der Waals surface area contributed by atoms with Gasteiger partial charge in [-0.3, -0.25) is 9.59 Å². The predicted molar refractivity (Wildman–Crippen MR) is 88.6 cm³/mol. The maximum Gasteiger partial charge on any atom is 0.338 e. The van der Waals surface area contributed by atoms with Crippen molar-refractivity contribution >= 4 is 29.3 Å². The molecule has 2 N–H and O–H groups in total. The molecule has 0 aliphatic rings. The van der Waals surface area contributed by atoms with Crippen molar-refractivity contribution in [2.24, 2.45) is 0 Å². The molecule has 2 amide bonds. The van der Waals surface area contributed by atoms with Gasteiger partial charge in [-0.05, 0) is 49.7 Å². The SMILES string of the molecule is CCOC(=O)c1ccc(NC(=O)C(=O)Nc2ncccc2C)cc1. The molecule has 0 atom stereocenters. The summed E-state index contributed by atoms with van der Waals surface area (Å²) in [6.45, 7) is 3.77. The molecule has 124 valence electrons. The number of hydrogen-bond acceptors (Lipinski definition) is 5. The Labute approximate surface area is 139 Å². The van der Waals surface area contributed by atoms with Crippen LogP contribution in [0.15, 0.2) is 42.6 Å². The normalized spacial score (nSPS) is 9.92. The molecular weight excluding hydrogens is 310 g/mol. The smallest absolute Gasteiger partial charge is 0.338 e. The van der Waals surface area contributed by atoms with E-state index in [4.69, 9.17) is 4.74 Å². The third-order valence-electron chi connectivity index (χ3n) is 3.10. The summed E-state index contributed by atoms with van der Waals surface area (Å²) in [5, 5.41) is 4.89. The Kier molecular flexibility index (Phi) is 5.62. The second-order valence-electron chi connectivity index (χ2n) is 4.87. The Bertz CT molecular complexity index is 757. The standard InChI is InChI=1S/C17H17N3O4/c1-3-24-17(23)12-6-8-13(9-7-12)19-15(21)16(22)20-14-11(2)5-4-10-18-14/h4-10H,3H2,1-2H3,(H,19,21)(H,18,20,22). The highest BCUT2D eigenvalue weighted by Gasteiger charge is 2.16. The number of pyridine rings is 1. The van der Waals surface area contributed by atoms with Gasteiger partial charge in [0.1, 0.15) is 5.82 Å². The molecular formula is C17H17N3O4. The molecule has 0 saturated heterocycles. The number of aryl methyl sites for hydroxylation is 1. The van der Waals surface area contributed by atoms with Crippen LogP contribution in [-0.4, -0.2) is 29.4 Å². The van der Waals surface area contributed by atoms with Gasteiger partial charge >= 0.3 is 17.8 Å². The number of ether oxygens (including phenoxy) is 1. The molecule has 0 bridgehead atoms. The number of benzene rings is 1. The van der Waals surface area contributed by atoms with E-state index in [1.54, 1.807) is 26.0 Å². The van der Waals surface area contributed by atoms with E-state index in [2.05, 4.69) is 15.6 Å². The summed E-state index contributed by atoms with van der Waals surface area (Å²) >= 11 is 0. The first-order valence-corrected chi connectivity index (χ1v) is 7.32. The molecule has 0 spiro atoms. The lowest BCUT2D eigenvalue weighted by Crippen LogP contribution is -2.29. The van der Waals surface area contributed by atoms with Gasteiger partial charge in [0.05, 0.1) is 12.2 Å². The second-order valence-corrected chi connectivity index (χ2v) is 4.87. The number of aromatic nitrogens is 1. The minimum atomic E-state index is -0.830. The van der Waals surface area contributed by atoms with Crippen molar-refractivity contribution in [3.05, 3.63) is 53.7 Å².